The standard InChI is InChI=1S/C13H15N3O3/c1-9-4-5-15-8-13(9)19-11-2-3-12(16(17)18)10(6-11)7-14/h2-3,6,9,13,15H,4-5,8H2,1H3. The van der Waals surface area contributed by atoms with Crippen LogP contribution in [-0.4, -0.2) is 24.1 Å². The van der Waals surface area contributed by atoms with Gasteiger partial charge in [0, 0.05) is 18.7 Å². The Labute approximate surface area is 111 Å². The van der Waals surface area contributed by atoms with E-state index in [4.69, 9.17) is 10.00 Å². The first-order valence-corrected chi connectivity index (χ1v) is 6.17. The Balaban J connectivity index is 2.17. The van der Waals surface area contributed by atoms with Crippen LogP contribution >= 0.6 is 0 Å². The number of nitro benzene ring substituents is 1. The van der Waals surface area contributed by atoms with Crippen LogP contribution in [0.3, 0.4) is 0 Å². The number of piperidine rings is 1. The lowest BCUT2D eigenvalue weighted by atomic mass is 9.97. The van der Waals surface area contributed by atoms with Crippen molar-refractivity contribution in [1.82, 2.24) is 5.32 Å². The second-order valence-corrected chi connectivity index (χ2v) is 4.67. The van der Waals surface area contributed by atoms with Crippen LogP contribution in [0.1, 0.15) is 18.9 Å². The van der Waals surface area contributed by atoms with Crippen molar-refractivity contribution in [2.75, 3.05) is 13.1 Å². The smallest absolute Gasteiger partial charge is 0.287 e. The van der Waals surface area contributed by atoms with Crippen molar-refractivity contribution in [3.63, 3.8) is 0 Å². The van der Waals surface area contributed by atoms with Crippen molar-refractivity contribution in [2.45, 2.75) is 19.4 Å². The van der Waals surface area contributed by atoms with Gasteiger partial charge < -0.3 is 10.1 Å². The molecule has 1 heterocycles. The molecule has 1 fully saturated rings. The van der Waals surface area contributed by atoms with Gasteiger partial charge in [-0.2, -0.15) is 5.26 Å². The molecule has 0 spiro atoms. The Morgan fingerprint density at radius 3 is 3.00 bits per heavy atom. The van der Waals surface area contributed by atoms with Gasteiger partial charge in [-0.3, -0.25) is 10.1 Å². The van der Waals surface area contributed by atoms with E-state index in [1.807, 2.05) is 6.07 Å². The molecule has 0 radical (unpaired) electrons. The molecule has 1 N–H and O–H groups in total. The van der Waals surface area contributed by atoms with Gasteiger partial charge in [0.05, 0.1) is 4.92 Å². The summed E-state index contributed by atoms with van der Waals surface area (Å²) >= 11 is 0. The summed E-state index contributed by atoms with van der Waals surface area (Å²) in [5, 5.41) is 22.9. The summed E-state index contributed by atoms with van der Waals surface area (Å²) in [4.78, 5) is 10.2. The number of benzene rings is 1. The molecule has 0 aromatic heterocycles. The molecule has 1 saturated heterocycles. The molecule has 1 aromatic rings. The second-order valence-electron chi connectivity index (χ2n) is 4.67. The van der Waals surface area contributed by atoms with Crippen LogP contribution in [0.2, 0.25) is 0 Å². The number of nitrogens with zero attached hydrogens (tertiary/aromatic N) is 2. The zero-order chi connectivity index (χ0) is 13.8. The van der Waals surface area contributed by atoms with Gasteiger partial charge >= 0.3 is 0 Å². The van der Waals surface area contributed by atoms with E-state index in [0.717, 1.165) is 19.5 Å². The number of nitriles is 1. The maximum atomic E-state index is 10.7. The van der Waals surface area contributed by atoms with Crippen molar-refractivity contribution in [3.05, 3.63) is 33.9 Å². The zero-order valence-electron chi connectivity index (χ0n) is 10.6. The van der Waals surface area contributed by atoms with Crippen molar-refractivity contribution in [3.8, 4) is 11.8 Å². The summed E-state index contributed by atoms with van der Waals surface area (Å²) in [5.41, 5.74) is -0.163. The average Bonchev–Trinajstić information content (AvgIpc) is 2.41. The summed E-state index contributed by atoms with van der Waals surface area (Å²) in [6, 6.07) is 6.11. The first-order valence-electron chi connectivity index (χ1n) is 6.17. The van der Waals surface area contributed by atoms with Crippen LogP contribution in [0, 0.1) is 27.4 Å². The molecule has 0 aliphatic carbocycles. The van der Waals surface area contributed by atoms with Crippen molar-refractivity contribution < 1.29 is 9.66 Å². The number of nitro groups is 1. The van der Waals surface area contributed by atoms with Crippen LogP contribution in [0.4, 0.5) is 5.69 Å². The van der Waals surface area contributed by atoms with Crippen LogP contribution in [0.15, 0.2) is 18.2 Å². The third kappa shape index (κ3) is 3.01. The number of hydrogen-bond donors (Lipinski definition) is 1. The molecule has 1 aliphatic heterocycles. The van der Waals surface area contributed by atoms with E-state index in [1.165, 1.54) is 12.1 Å². The Bertz CT molecular complexity index is 524. The summed E-state index contributed by atoms with van der Waals surface area (Å²) in [6.07, 6.45) is 1.06. The van der Waals surface area contributed by atoms with E-state index in [1.54, 1.807) is 6.07 Å². The van der Waals surface area contributed by atoms with Crippen molar-refractivity contribution >= 4 is 5.69 Å². The average molecular weight is 261 g/mol. The highest BCUT2D eigenvalue weighted by Gasteiger charge is 2.23. The predicted octanol–water partition coefficient (Wildman–Crippen LogP) is 1.84. The number of nitrogens with one attached hydrogen (secondary N) is 1. The molecule has 2 atom stereocenters. The topological polar surface area (TPSA) is 88.2 Å². The normalized spacial score (nSPS) is 22.5. The summed E-state index contributed by atoms with van der Waals surface area (Å²) < 4.78 is 5.81. The summed E-state index contributed by atoms with van der Waals surface area (Å²) in [5.74, 6) is 0.921. The third-order valence-corrected chi connectivity index (χ3v) is 3.33. The lowest BCUT2D eigenvalue weighted by Crippen LogP contribution is -2.42. The van der Waals surface area contributed by atoms with Gasteiger partial charge in [0.25, 0.3) is 5.69 Å². The molecule has 2 unspecified atom stereocenters. The zero-order valence-corrected chi connectivity index (χ0v) is 10.6. The van der Waals surface area contributed by atoms with Gasteiger partial charge in [-0.25, -0.2) is 0 Å². The first-order chi connectivity index (χ1) is 9.11. The van der Waals surface area contributed by atoms with Crippen molar-refractivity contribution in [1.29, 1.82) is 5.26 Å². The molecule has 0 saturated carbocycles. The van der Waals surface area contributed by atoms with E-state index >= 15 is 0 Å². The van der Waals surface area contributed by atoms with Crippen molar-refractivity contribution in [2.24, 2.45) is 5.92 Å². The Morgan fingerprint density at radius 1 is 1.58 bits per heavy atom. The quantitative estimate of drug-likeness (QED) is 0.662. The fourth-order valence-corrected chi connectivity index (χ4v) is 2.13. The van der Waals surface area contributed by atoms with Crippen LogP contribution in [-0.2, 0) is 0 Å². The van der Waals surface area contributed by atoms with Crippen LogP contribution in [0.5, 0.6) is 5.75 Å². The fourth-order valence-electron chi connectivity index (χ4n) is 2.13. The molecule has 2 rings (SSSR count). The molecule has 0 bridgehead atoms. The van der Waals surface area contributed by atoms with E-state index in [0.29, 0.717) is 11.7 Å². The Hall–Kier alpha value is -2.13. The summed E-state index contributed by atoms with van der Waals surface area (Å²) in [7, 11) is 0. The van der Waals surface area contributed by atoms with Crippen LogP contribution in [0.25, 0.3) is 0 Å². The van der Waals surface area contributed by atoms with E-state index in [9.17, 15) is 10.1 Å². The lowest BCUT2D eigenvalue weighted by Gasteiger charge is -2.30. The predicted molar refractivity (Wildman–Crippen MR) is 68.9 cm³/mol. The maximum Gasteiger partial charge on any atom is 0.287 e. The number of rotatable bonds is 3. The Morgan fingerprint density at radius 2 is 2.37 bits per heavy atom. The Kier molecular flexibility index (Phi) is 3.97. The van der Waals surface area contributed by atoms with Gasteiger partial charge in [0.1, 0.15) is 23.5 Å². The van der Waals surface area contributed by atoms with Crippen LogP contribution < -0.4 is 10.1 Å². The molecular formula is C13H15N3O3. The highest BCUT2D eigenvalue weighted by Crippen LogP contribution is 2.26. The van der Waals surface area contributed by atoms with Gasteiger partial charge in [-0.1, -0.05) is 6.92 Å². The third-order valence-electron chi connectivity index (χ3n) is 3.33. The monoisotopic (exact) mass is 261 g/mol. The maximum absolute atomic E-state index is 10.7. The number of hydrogen-bond acceptors (Lipinski definition) is 5. The van der Waals surface area contributed by atoms with E-state index in [-0.39, 0.29) is 17.4 Å². The van der Waals surface area contributed by atoms with Gasteiger partial charge in [-0.15, -0.1) is 0 Å². The van der Waals surface area contributed by atoms with E-state index in [2.05, 4.69) is 12.2 Å². The minimum Gasteiger partial charge on any atom is -0.489 e. The largest absolute Gasteiger partial charge is 0.489 e. The molecule has 100 valence electrons. The molecule has 1 aliphatic rings. The van der Waals surface area contributed by atoms with Gasteiger partial charge in [0.2, 0.25) is 0 Å². The minimum atomic E-state index is -0.562. The lowest BCUT2D eigenvalue weighted by molar-refractivity contribution is -0.385. The summed E-state index contributed by atoms with van der Waals surface area (Å²) in [6.45, 7) is 3.84. The van der Waals surface area contributed by atoms with Gasteiger partial charge in [0.15, 0.2) is 0 Å². The molecule has 6 nitrogen and oxygen atoms in total. The molecule has 0 amide bonds. The second kappa shape index (κ2) is 5.67. The first kappa shape index (κ1) is 13.3. The SMILES string of the molecule is CC1CCNCC1Oc1ccc([N+](=O)[O-])c(C#N)c1. The molecule has 6 heteroatoms. The van der Waals surface area contributed by atoms with Gasteiger partial charge in [-0.05, 0) is 24.9 Å². The molecule has 19 heavy (non-hydrogen) atoms. The van der Waals surface area contributed by atoms with E-state index < -0.39 is 4.92 Å². The minimum absolute atomic E-state index is 0.0268. The highest BCUT2D eigenvalue weighted by molar-refractivity contribution is 5.52. The highest BCUT2D eigenvalue weighted by atomic mass is 16.6. The number of ether oxygens (including phenoxy) is 1. The molecule has 1 aromatic carbocycles. The molecular weight excluding hydrogens is 246 g/mol. The fraction of sp³-hybridized carbons (Fsp3) is 0.462.